The molecule has 0 spiro atoms. The van der Waals surface area contributed by atoms with E-state index in [0.29, 0.717) is 17.5 Å². The summed E-state index contributed by atoms with van der Waals surface area (Å²) in [4.78, 5) is 0. The summed E-state index contributed by atoms with van der Waals surface area (Å²) in [6.07, 6.45) is 11.8. The van der Waals surface area contributed by atoms with Gasteiger partial charge in [-0.2, -0.15) is 0 Å². The van der Waals surface area contributed by atoms with Crippen molar-refractivity contribution in [3.05, 3.63) is 47.6 Å². The van der Waals surface area contributed by atoms with Crippen LogP contribution in [0, 0.1) is 5.92 Å². The molecule has 18 heavy (non-hydrogen) atoms. The summed E-state index contributed by atoms with van der Waals surface area (Å²) < 4.78 is 0. The van der Waals surface area contributed by atoms with E-state index in [1.165, 1.54) is 31.2 Å². The Hall–Kier alpha value is -1.70. The number of benzene rings is 1. The molecule has 0 radical (unpaired) electrons. The molecule has 2 heteroatoms. The first kappa shape index (κ1) is 11.4. The minimum absolute atomic E-state index is 0.609. The third kappa shape index (κ3) is 1.92. The maximum absolute atomic E-state index is 5.94. The second-order valence-electron chi connectivity index (χ2n) is 5.40. The first-order chi connectivity index (χ1) is 8.75. The molecule has 2 atom stereocenters. The molecule has 1 aromatic rings. The second-order valence-corrected chi connectivity index (χ2v) is 5.40. The van der Waals surface area contributed by atoms with Crippen LogP contribution in [0.5, 0.6) is 0 Å². The zero-order valence-corrected chi connectivity index (χ0v) is 10.6. The Balaban J connectivity index is 1.93. The van der Waals surface area contributed by atoms with Gasteiger partial charge in [0.15, 0.2) is 0 Å². The quantitative estimate of drug-likeness (QED) is 0.737. The van der Waals surface area contributed by atoms with Crippen LogP contribution < -0.4 is 11.5 Å². The van der Waals surface area contributed by atoms with Crippen molar-refractivity contribution in [1.29, 1.82) is 0 Å². The number of hydrogen-bond donors (Lipinski definition) is 2. The monoisotopic (exact) mass is 240 g/mol. The molecule has 0 amide bonds. The van der Waals surface area contributed by atoms with Gasteiger partial charge in [0.05, 0.1) is 11.4 Å². The van der Waals surface area contributed by atoms with Crippen LogP contribution in [0.25, 0.3) is 0 Å². The normalized spacial score (nSPS) is 26.6. The molecule has 2 nitrogen and oxygen atoms in total. The van der Waals surface area contributed by atoms with Gasteiger partial charge in [-0.3, -0.25) is 0 Å². The topological polar surface area (TPSA) is 52.0 Å². The van der Waals surface area contributed by atoms with Crippen LogP contribution in [0.4, 0.5) is 11.4 Å². The Morgan fingerprint density at radius 2 is 1.94 bits per heavy atom. The van der Waals surface area contributed by atoms with Crippen LogP contribution >= 0.6 is 0 Å². The Labute approximate surface area is 108 Å². The molecule has 94 valence electrons. The SMILES string of the molecule is Nc1ccc([C@@H]2CCCC3=CC=CCC32)cc1N. The van der Waals surface area contributed by atoms with E-state index in [-0.39, 0.29) is 0 Å². The maximum Gasteiger partial charge on any atom is 0.0550 e. The molecule has 1 aromatic carbocycles. The van der Waals surface area contributed by atoms with E-state index in [0.717, 1.165) is 5.69 Å². The molecule has 0 saturated heterocycles. The summed E-state index contributed by atoms with van der Waals surface area (Å²) in [5.74, 6) is 1.28. The highest BCUT2D eigenvalue weighted by molar-refractivity contribution is 5.64. The van der Waals surface area contributed by atoms with Gasteiger partial charge in [-0.25, -0.2) is 0 Å². The van der Waals surface area contributed by atoms with E-state index in [2.05, 4.69) is 30.4 Å². The maximum atomic E-state index is 5.94. The van der Waals surface area contributed by atoms with Gasteiger partial charge in [0.2, 0.25) is 0 Å². The summed E-state index contributed by atoms with van der Waals surface area (Å²) in [5.41, 5.74) is 16.1. The Bertz CT molecular complexity index is 514. The summed E-state index contributed by atoms with van der Waals surface area (Å²) in [7, 11) is 0. The van der Waals surface area contributed by atoms with Crippen molar-refractivity contribution in [1.82, 2.24) is 0 Å². The van der Waals surface area contributed by atoms with E-state index in [4.69, 9.17) is 11.5 Å². The molecule has 4 N–H and O–H groups in total. The largest absolute Gasteiger partial charge is 0.397 e. The van der Waals surface area contributed by atoms with E-state index < -0.39 is 0 Å². The molecule has 1 fully saturated rings. The molecule has 0 aliphatic heterocycles. The van der Waals surface area contributed by atoms with Crippen LogP contribution in [-0.4, -0.2) is 0 Å². The number of allylic oxidation sites excluding steroid dienone is 4. The van der Waals surface area contributed by atoms with Crippen molar-refractivity contribution in [2.45, 2.75) is 31.6 Å². The summed E-state index contributed by atoms with van der Waals surface area (Å²) in [6, 6.07) is 6.17. The predicted molar refractivity (Wildman–Crippen MR) is 77.2 cm³/mol. The van der Waals surface area contributed by atoms with Crippen molar-refractivity contribution < 1.29 is 0 Å². The smallest absolute Gasteiger partial charge is 0.0550 e. The van der Waals surface area contributed by atoms with Crippen molar-refractivity contribution in [3.63, 3.8) is 0 Å². The zero-order valence-electron chi connectivity index (χ0n) is 10.6. The average molecular weight is 240 g/mol. The molecule has 3 rings (SSSR count). The molecule has 2 aliphatic carbocycles. The Morgan fingerprint density at radius 1 is 1.06 bits per heavy atom. The standard InChI is InChI=1S/C16H20N2/c17-15-9-8-12(10-16(15)18)14-7-3-5-11-4-1-2-6-13(11)14/h1-2,4,8-10,13-14H,3,5-7,17-18H2/t13?,14-/m0/s1. The molecular weight excluding hydrogens is 220 g/mol. The van der Waals surface area contributed by atoms with Crippen molar-refractivity contribution >= 4 is 11.4 Å². The summed E-state index contributed by atoms with van der Waals surface area (Å²) >= 11 is 0. The average Bonchev–Trinajstić information content (AvgIpc) is 2.41. The Morgan fingerprint density at radius 3 is 2.78 bits per heavy atom. The van der Waals surface area contributed by atoms with E-state index in [1.54, 1.807) is 5.57 Å². The molecule has 0 heterocycles. The number of hydrogen-bond acceptors (Lipinski definition) is 2. The molecule has 1 unspecified atom stereocenters. The van der Waals surface area contributed by atoms with Crippen LogP contribution in [0.3, 0.4) is 0 Å². The van der Waals surface area contributed by atoms with Gasteiger partial charge in [-0.05, 0) is 55.2 Å². The van der Waals surface area contributed by atoms with Gasteiger partial charge in [0, 0.05) is 0 Å². The van der Waals surface area contributed by atoms with Crippen molar-refractivity contribution in [2.24, 2.45) is 5.92 Å². The highest BCUT2D eigenvalue weighted by Crippen LogP contribution is 2.44. The number of anilines is 2. The molecule has 0 aromatic heterocycles. The second kappa shape index (κ2) is 4.52. The third-order valence-corrected chi connectivity index (χ3v) is 4.32. The van der Waals surface area contributed by atoms with Gasteiger partial charge in [-0.1, -0.05) is 29.9 Å². The van der Waals surface area contributed by atoms with E-state index in [9.17, 15) is 0 Å². The fourth-order valence-corrected chi connectivity index (χ4v) is 3.33. The van der Waals surface area contributed by atoms with Gasteiger partial charge < -0.3 is 11.5 Å². The number of rotatable bonds is 1. The number of nitrogens with two attached hydrogens (primary N) is 2. The van der Waals surface area contributed by atoms with Gasteiger partial charge in [0.1, 0.15) is 0 Å². The lowest BCUT2D eigenvalue weighted by atomic mass is 9.70. The fraction of sp³-hybridized carbons (Fsp3) is 0.375. The molecular formula is C16H20N2. The van der Waals surface area contributed by atoms with E-state index >= 15 is 0 Å². The number of fused-ring (bicyclic) bond motifs is 1. The van der Waals surface area contributed by atoms with Gasteiger partial charge >= 0.3 is 0 Å². The molecule has 1 saturated carbocycles. The number of nitrogen functional groups attached to an aromatic ring is 2. The van der Waals surface area contributed by atoms with E-state index in [1.807, 2.05) is 6.07 Å². The van der Waals surface area contributed by atoms with Crippen molar-refractivity contribution in [2.75, 3.05) is 11.5 Å². The highest BCUT2D eigenvalue weighted by atomic mass is 14.7. The summed E-state index contributed by atoms with van der Waals surface area (Å²) in [6.45, 7) is 0. The molecule has 0 bridgehead atoms. The third-order valence-electron chi connectivity index (χ3n) is 4.32. The predicted octanol–water partition coefficient (Wildman–Crippen LogP) is 3.62. The summed E-state index contributed by atoms with van der Waals surface area (Å²) in [5, 5.41) is 0. The lowest BCUT2D eigenvalue weighted by Crippen LogP contribution is -2.21. The minimum Gasteiger partial charge on any atom is -0.397 e. The van der Waals surface area contributed by atoms with Crippen LogP contribution in [0.15, 0.2) is 42.0 Å². The Kier molecular flexibility index (Phi) is 2.86. The lowest BCUT2D eigenvalue weighted by Gasteiger charge is -2.35. The fourth-order valence-electron chi connectivity index (χ4n) is 3.33. The van der Waals surface area contributed by atoms with Crippen molar-refractivity contribution in [3.8, 4) is 0 Å². The zero-order chi connectivity index (χ0) is 12.5. The minimum atomic E-state index is 0.609. The highest BCUT2D eigenvalue weighted by Gasteiger charge is 2.30. The molecule has 2 aliphatic rings. The van der Waals surface area contributed by atoms with Crippen LogP contribution in [0.2, 0.25) is 0 Å². The lowest BCUT2D eigenvalue weighted by molar-refractivity contribution is 0.388. The van der Waals surface area contributed by atoms with Crippen LogP contribution in [0.1, 0.15) is 37.2 Å². The first-order valence-corrected chi connectivity index (χ1v) is 6.76. The van der Waals surface area contributed by atoms with Crippen LogP contribution in [-0.2, 0) is 0 Å². The van der Waals surface area contributed by atoms with Gasteiger partial charge in [0.25, 0.3) is 0 Å². The van der Waals surface area contributed by atoms with Gasteiger partial charge in [-0.15, -0.1) is 0 Å². The first-order valence-electron chi connectivity index (χ1n) is 6.76.